The Morgan fingerprint density at radius 1 is 0.558 bits per heavy atom. The summed E-state index contributed by atoms with van der Waals surface area (Å²) in [7, 11) is 2.95. The molecule has 20 heteroatoms. The lowest BCUT2D eigenvalue weighted by Gasteiger charge is -2.26. The summed E-state index contributed by atoms with van der Waals surface area (Å²) in [6.45, 7) is 11.6. The molecule has 462 valence electrons. The minimum atomic E-state index is -0.441. The van der Waals surface area contributed by atoms with E-state index in [1.54, 1.807) is 54.6 Å². The number of carbonyl (C=O) groups excluding carboxylic acids is 6. The second-order valence-electron chi connectivity index (χ2n) is 20.8. The maximum atomic E-state index is 13.6. The number of para-hydroxylation sites is 1. The van der Waals surface area contributed by atoms with E-state index in [0.29, 0.717) is 107 Å². The number of fused-ring (bicyclic) bond motifs is 1. The van der Waals surface area contributed by atoms with Gasteiger partial charge < -0.3 is 47.4 Å². The number of hydrazone groups is 1. The number of aromatic nitrogens is 1. The quantitative estimate of drug-likeness (QED) is 0.00556. The molecule has 2 aliphatic carbocycles. The molecular weight excluding hydrogens is 1120 g/mol. The summed E-state index contributed by atoms with van der Waals surface area (Å²) >= 11 is 1.44. The molecule has 0 aliphatic heterocycles. The van der Waals surface area contributed by atoms with Crippen LogP contribution >= 0.6 is 11.3 Å². The number of ether oxygens (including phenoxy) is 10. The second-order valence-corrected chi connectivity index (χ2v) is 21.8. The number of esters is 6. The molecule has 0 bridgehead atoms. The first-order valence-electron chi connectivity index (χ1n) is 29.5. The van der Waals surface area contributed by atoms with Crippen molar-refractivity contribution in [2.24, 2.45) is 28.8 Å². The van der Waals surface area contributed by atoms with Gasteiger partial charge in [0.2, 0.25) is 5.13 Å². The van der Waals surface area contributed by atoms with Crippen molar-refractivity contribution in [2.45, 2.75) is 110 Å². The molecule has 2 aliphatic rings. The number of hydrogen-bond donors (Lipinski definition) is 0. The summed E-state index contributed by atoms with van der Waals surface area (Å²) < 4.78 is 55.8. The number of aryl methyl sites for hydroxylation is 1. The van der Waals surface area contributed by atoms with E-state index in [2.05, 4.69) is 20.1 Å². The van der Waals surface area contributed by atoms with Gasteiger partial charge in [0.1, 0.15) is 35.5 Å². The van der Waals surface area contributed by atoms with Gasteiger partial charge in [-0.05, 0) is 176 Å². The van der Waals surface area contributed by atoms with Gasteiger partial charge in [-0.15, -0.1) is 0 Å². The number of thiazole rings is 1. The van der Waals surface area contributed by atoms with Crippen molar-refractivity contribution in [3.8, 4) is 28.7 Å². The highest BCUT2D eigenvalue weighted by atomic mass is 32.1. The first-order valence-corrected chi connectivity index (χ1v) is 30.3. The number of methoxy groups -OCH3 is 2. The maximum absolute atomic E-state index is 13.6. The van der Waals surface area contributed by atoms with Crippen LogP contribution in [0.4, 0.5) is 5.13 Å². The molecule has 86 heavy (non-hydrogen) atoms. The van der Waals surface area contributed by atoms with E-state index >= 15 is 0 Å². The van der Waals surface area contributed by atoms with Crippen molar-refractivity contribution in [1.29, 1.82) is 0 Å². The van der Waals surface area contributed by atoms with Gasteiger partial charge in [0, 0.05) is 24.8 Å². The van der Waals surface area contributed by atoms with Crippen LogP contribution in [0.5, 0.6) is 28.7 Å². The van der Waals surface area contributed by atoms with Crippen LogP contribution in [0.3, 0.4) is 0 Å². The van der Waals surface area contributed by atoms with Gasteiger partial charge in [0.05, 0.1) is 86.9 Å². The second kappa shape index (κ2) is 37.5. The molecule has 1 aromatic heterocycles. The number of nitrogens with zero attached hydrogens (tertiary/aromatic N) is 3. The zero-order valence-corrected chi connectivity index (χ0v) is 50.5. The van der Waals surface area contributed by atoms with Crippen LogP contribution in [0.25, 0.3) is 10.2 Å². The lowest BCUT2D eigenvalue weighted by atomic mass is 9.82. The van der Waals surface area contributed by atoms with Crippen LogP contribution in [0.15, 0.2) is 121 Å². The largest absolute Gasteiger partial charge is 0.494 e. The smallest absolute Gasteiger partial charge is 0.330 e. The van der Waals surface area contributed by atoms with E-state index in [1.165, 1.54) is 36.3 Å². The van der Waals surface area contributed by atoms with Crippen LogP contribution in [0, 0.1) is 30.6 Å². The highest BCUT2D eigenvalue weighted by Crippen LogP contribution is 2.35. The van der Waals surface area contributed by atoms with Gasteiger partial charge >= 0.3 is 35.8 Å². The Morgan fingerprint density at radius 3 is 1.56 bits per heavy atom. The van der Waals surface area contributed by atoms with Crippen LogP contribution in [0.2, 0.25) is 0 Å². The zero-order chi connectivity index (χ0) is 61.3. The Bertz CT molecular complexity index is 2930. The third-order valence-corrected chi connectivity index (χ3v) is 15.4. The fourth-order valence-electron chi connectivity index (χ4n) is 9.40. The summed E-state index contributed by atoms with van der Waals surface area (Å²) in [6.07, 6.45) is 15.2. The number of anilines is 1. The molecular formula is C66H81N3O16S. The lowest BCUT2D eigenvalue weighted by Crippen LogP contribution is -2.30. The lowest BCUT2D eigenvalue weighted by molar-refractivity contribution is -0.149. The van der Waals surface area contributed by atoms with Gasteiger partial charge in [-0.3, -0.25) is 19.2 Å². The SMILES string of the molecule is C=CC(=O)OCCCCCCOc1ccc(C)cc1.C=CC(=O)OCCCCCCOc1ccc(OC(=O)C2CCC(C(=O)Oc3ccc(OC(=O)C4CCC(C(=O)OC)CC4)c(/C=N/N(COCCOC)c4nc5ccccc5s4)c3)CC2)cc1. The molecule has 0 saturated heterocycles. The Hall–Kier alpha value is -7.94. The molecule has 0 amide bonds. The molecule has 0 radical (unpaired) electrons. The van der Waals surface area contributed by atoms with E-state index in [4.69, 9.17) is 57.5 Å². The van der Waals surface area contributed by atoms with Gasteiger partial charge in [-0.2, -0.15) is 5.10 Å². The van der Waals surface area contributed by atoms with Gasteiger partial charge in [0.15, 0.2) is 0 Å². The molecule has 5 aromatic rings. The predicted octanol–water partition coefficient (Wildman–Crippen LogP) is 12.3. The number of unbranched alkanes of at least 4 members (excludes halogenated alkanes) is 6. The maximum Gasteiger partial charge on any atom is 0.330 e. The molecule has 7 rings (SSSR count). The average molecular weight is 1200 g/mol. The van der Waals surface area contributed by atoms with E-state index < -0.39 is 29.7 Å². The van der Waals surface area contributed by atoms with Crippen molar-refractivity contribution in [3.05, 3.63) is 127 Å². The van der Waals surface area contributed by atoms with E-state index in [9.17, 15) is 28.8 Å². The van der Waals surface area contributed by atoms with Gasteiger partial charge in [0.25, 0.3) is 0 Å². The molecule has 2 fully saturated rings. The van der Waals surface area contributed by atoms with E-state index in [0.717, 1.165) is 80.0 Å². The van der Waals surface area contributed by atoms with Crippen LogP contribution < -0.4 is 28.7 Å². The van der Waals surface area contributed by atoms with Crippen molar-refractivity contribution in [2.75, 3.05) is 65.6 Å². The third kappa shape index (κ3) is 23.5. The monoisotopic (exact) mass is 1200 g/mol. The fraction of sp³-hybridized carbons (Fsp3) is 0.455. The molecule has 0 atom stereocenters. The summed E-state index contributed by atoms with van der Waals surface area (Å²) in [5.41, 5.74) is 2.41. The van der Waals surface area contributed by atoms with Gasteiger partial charge in [-0.25, -0.2) is 19.6 Å². The summed E-state index contributed by atoms with van der Waals surface area (Å²) in [4.78, 5) is 78.9. The Morgan fingerprint density at radius 2 is 1.03 bits per heavy atom. The van der Waals surface area contributed by atoms with Crippen LogP contribution in [0.1, 0.15) is 114 Å². The Labute approximate surface area is 507 Å². The van der Waals surface area contributed by atoms with Crippen molar-refractivity contribution in [3.63, 3.8) is 0 Å². The highest BCUT2D eigenvalue weighted by molar-refractivity contribution is 7.22. The van der Waals surface area contributed by atoms with Gasteiger partial charge in [-0.1, -0.05) is 54.3 Å². The zero-order valence-electron chi connectivity index (χ0n) is 49.7. The molecule has 1 heterocycles. The molecule has 19 nitrogen and oxygen atoms in total. The average Bonchev–Trinajstić information content (AvgIpc) is 3.52. The van der Waals surface area contributed by atoms with E-state index in [-0.39, 0.29) is 48.0 Å². The highest BCUT2D eigenvalue weighted by Gasteiger charge is 2.34. The van der Waals surface area contributed by atoms with Crippen LogP contribution in [-0.4, -0.2) is 108 Å². The molecule has 0 unspecified atom stereocenters. The molecule has 4 aromatic carbocycles. The minimum absolute atomic E-state index is 0.0481. The topological polar surface area (TPSA) is 223 Å². The Kier molecular flexibility index (Phi) is 29.3. The summed E-state index contributed by atoms with van der Waals surface area (Å²) in [5.74, 6) is -1.29. The van der Waals surface area contributed by atoms with Crippen molar-refractivity contribution in [1.82, 2.24) is 4.98 Å². The minimum Gasteiger partial charge on any atom is -0.494 e. The molecule has 0 spiro atoms. The third-order valence-electron chi connectivity index (χ3n) is 14.4. The van der Waals surface area contributed by atoms with Crippen molar-refractivity contribution < 1.29 is 76.1 Å². The van der Waals surface area contributed by atoms with E-state index in [1.807, 2.05) is 48.5 Å². The summed E-state index contributed by atoms with van der Waals surface area (Å²) in [5, 5.41) is 6.88. The number of carbonyl (C=O) groups is 6. The number of rotatable bonds is 33. The Balaban J connectivity index is 0.000000529. The predicted molar refractivity (Wildman–Crippen MR) is 327 cm³/mol. The fourth-order valence-corrected chi connectivity index (χ4v) is 10.3. The first-order chi connectivity index (χ1) is 41.8. The molecule has 2 saturated carbocycles. The van der Waals surface area contributed by atoms with Crippen molar-refractivity contribution >= 4 is 68.7 Å². The molecule has 0 N–H and O–H groups in total. The number of hydrogen-bond acceptors (Lipinski definition) is 20. The van der Waals surface area contributed by atoms with Crippen LogP contribution in [-0.2, 0) is 52.5 Å². The number of benzene rings is 4. The summed E-state index contributed by atoms with van der Waals surface area (Å²) in [6, 6.07) is 27.4. The normalized spacial score (nSPS) is 16.4. The first kappa shape index (κ1) is 67.2. The standard InChI is InChI=1S/C50H59N3O13S.C16H22O3/c1-4-45(54)63-28-10-6-5-9-27-62-39-21-23-40(24-22-39)64-47(56)35-17-19-36(20-18-35)48(57)65-41-25-26-43(66-49(58)37-15-13-34(14-16-37)46(55)60-3)38(31-41)32-51-53(33-61-30-29-59-2)50-52-42-11-7-8-12-44(42)67-50;1-3-16(17)19-13-7-5-4-6-12-18-15-10-8-14(2)9-11-15/h4,7-8,11-12,21-26,31-32,34-37H,1,5-6,9-10,13-20,27-30,33H2,2-3H3;3,8-11H,1,4-7,12-13H2,2H3/b51-32+;.